The lowest BCUT2D eigenvalue weighted by Crippen LogP contribution is -2.42. The number of hydrazine groups is 1. The maximum atomic E-state index is 12.2. The smallest absolute Gasteiger partial charge is 0.282 e. The van der Waals surface area contributed by atoms with Crippen molar-refractivity contribution in [3.8, 4) is 0 Å². The average molecular weight is 400 g/mol. The number of aromatic nitrogens is 1. The summed E-state index contributed by atoms with van der Waals surface area (Å²) in [6.45, 7) is 1.34. The predicted octanol–water partition coefficient (Wildman–Crippen LogP) is 1.61. The second-order valence-corrected chi connectivity index (χ2v) is 7.40. The van der Waals surface area contributed by atoms with E-state index in [-0.39, 0.29) is 21.9 Å². The number of aryl methyl sites for hydroxylation is 1. The number of halogens is 1. The molecule has 0 bridgehead atoms. The van der Waals surface area contributed by atoms with Gasteiger partial charge in [0.2, 0.25) is 0 Å². The van der Waals surface area contributed by atoms with E-state index in [0.717, 1.165) is 0 Å². The molecule has 0 radical (unpaired) electrons. The number of amides is 1. The van der Waals surface area contributed by atoms with E-state index in [2.05, 4.69) is 21.4 Å². The van der Waals surface area contributed by atoms with Gasteiger partial charge in [-0.1, -0.05) is 12.1 Å². The Morgan fingerprint density at radius 3 is 2.48 bits per heavy atom. The van der Waals surface area contributed by atoms with Crippen LogP contribution >= 0.6 is 15.9 Å². The summed E-state index contributed by atoms with van der Waals surface area (Å²) in [7, 11) is -2.32. The number of nitrogens with zero attached hydrogens (tertiary/aromatic N) is 1. The van der Waals surface area contributed by atoms with Crippen molar-refractivity contribution in [2.45, 2.75) is 11.8 Å². The zero-order valence-corrected chi connectivity index (χ0v) is 14.7. The van der Waals surface area contributed by atoms with E-state index in [1.54, 1.807) is 23.9 Å². The van der Waals surface area contributed by atoms with Crippen LogP contribution in [0.25, 0.3) is 0 Å². The van der Waals surface area contributed by atoms with Crippen molar-refractivity contribution in [3.05, 3.63) is 52.3 Å². The van der Waals surface area contributed by atoms with Gasteiger partial charge >= 0.3 is 0 Å². The van der Waals surface area contributed by atoms with Crippen molar-refractivity contribution in [2.75, 3.05) is 0 Å². The van der Waals surface area contributed by atoms with Crippen LogP contribution in [0.2, 0.25) is 0 Å². The normalized spacial score (nSPS) is 11.3. The Balaban J connectivity index is 2.16. The number of hydrogen-bond acceptors (Lipinski definition) is 4. The Bertz CT molecular complexity index is 874. The summed E-state index contributed by atoms with van der Waals surface area (Å²) in [4.78, 5) is 25.2. The molecule has 0 aliphatic carbocycles. The summed E-state index contributed by atoms with van der Waals surface area (Å²) in [5.41, 5.74) is 2.68. The van der Waals surface area contributed by atoms with Gasteiger partial charge in [-0.15, -0.1) is 4.83 Å². The van der Waals surface area contributed by atoms with Crippen LogP contribution < -0.4 is 10.3 Å². The van der Waals surface area contributed by atoms with Gasteiger partial charge in [-0.2, -0.15) is 0 Å². The maximum Gasteiger partial charge on any atom is 0.282 e. The Morgan fingerprint density at radius 2 is 1.91 bits per heavy atom. The predicted molar refractivity (Wildman–Crippen MR) is 87.3 cm³/mol. The summed E-state index contributed by atoms with van der Waals surface area (Å²) in [5, 5.41) is 0. The summed E-state index contributed by atoms with van der Waals surface area (Å²) in [5.74, 6) is -0.857. The lowest BCUT2D eigenvalue weighted by atomic mass is 10.2. The molecule has 2 rings (SSSR count). The highest BCUT2D eigenvalue weighted by Crippen LogP contribution is 2.14. The van der Waals surface area contributed by atoms with Gasteiger partial charge in [0.1, 0.15) is 5.69 Å². The number of sulfonamides is 1. The van der Waals surface area contributed by atoms with Crippen molar-refractivity contribution in [1.82, 2.24) is 14.8 Å². The molecule has 23 heavy (non-hydrogen) atoms. The van der Waals surface area contributed by atoms with Crippen LogP contribution in [-0.4, -0.2) is 24.7 Å². The van der Waals surface area contributed by atoms with Crippen LogP contribution in [0.4, 0.5) is 0 Å². The SMILES string of the molecule is CC(=O)c1cccc(S(=O)(=O)NNC(=O)c2cc(Br)cn2C)c1. The van der Waals surface area contributed by atoms with Crippen LogP contribution in [-0.2, 0) is 17.1 Å². The first-order chi connectivity index (χ1) is 10.7. The molecule has 0 fully saturated rings. The van der Waals surface area contributed by atoms with Gasteiger partial charge < -0.3 is 4.57 Å². The molecule has 2 aromatic rings. The van der Waals surface area contributed by atoms with Gasteiger partial charge in [-0.05, 0) is 41.1 Å². The van der Waals surface area contributed by atoms with E-state index in [9.17, 15) is 18.0 Å². The molecule has 7 nitrogen and oxygen atoms in total. The number of nitrogens with one attached hydrogen (secondary N) is 2. The fourth-order valence-electron chi connectivity index (χ4n) is 1.87. The molecule has 0 aliphatic rings. The van der Waals surface area contributed by atoms with E-state index in [1.807, 2.05) is 4.83 Å². The molecule has 0 spiro atoms. The first-order valence-electron chi connectivity index (χ1n) is 6.46. The number of Topliss-reactive ketones (excluding diaryl/α,β-unsaturated/α-hetero) is 1. The van der Waals surface area contributed by atoms with Crippen molar-refractivity contribution in [3.63, 3.8) is 0 Å². The quantitative estimate of drug-likeness (QED) is 0.589. The average Bonchev–Trinajstić information content (AvgIpc) is 2.84. The van der Waals surface area contributed by atoms with E-state index < -0.39 is 15.9 Å². The molecule has 0 aliphatic heterocycles. The molecule has 1 aromatic heterocycles. The number of rotatable bonds is 5. The van der Waals surface area contributed by atoms with Crippen LogP contribution in [0.1, 0.15) is 27.8 Å². The summed E-state index contributed by atoms with van der Waals surface area (Å²) in [6.07, 6.45) is 1.67. The third-order valence-corrected chi connectivity index (χ3v) is 4.73. The minimum atomic E-state index is -3.98. The molecule has 1 aromatic carbocycles. The topological polar surface area (TPSA) is 97.3 Å². The van der Waals surface area contributed by atoms with Crippen molar-refractivity contribution < 1.29 is 18.0 Å². The number of hydrogen-bond donors (Lipinski definition) is 2. The van der Waals surface area contributed by atoms with E-state index in [4.69, 9.17) is 0 Å². The van der Waals surface area contributed by atoms with Crippen LogP contribution in [0, 0.1) is 0 Å². The van der Waals surface area contributed by atoms with Gasteiger partial charge in [-0.3, -0.25) is 15.0 Å². The number of carbonyl (C=O) groups is 2. The summed E-state index contributed by atoms with van der Waals surface area (Å²) < 4.78 is 26.6. The number of ketones is 1. The van der Waals surface area contributed by atoms with Gasteiger partial charge in [0.25, 0.3) is 15.9 Å². The Kier molecular flexibility index (Phi) is 5.03. The summed E-state index contributed by atoms with van der Waals surface area (Å²) in [6, 6.07) is 7.11. The molecule has 0 saturated carbocycles. The number of carbonyl (C=O) groups excluding carboxylic acids is 2. The monoisotopic (exact) mass is 399 g/mol. The lowest BCUT2D eigenvalue weighted by molar-refractivity contribution is 0.0936. The minimum absolute atomic E-state index is 0.112. The van der Waals surface area contributed by atoms with Crippen molar-refractivity contribution in [1.29, 1.82) is 0 Å². The van der Waals surface area contributed by atoms with Crippen LogP contribution in [0.5, 0.6) is 0 Å². The zero-order valence-electron chi connectivity index (χ0n) is 12.3. The highest BCUT2D eigenvalue weighted by molar-refractivity contribution is 9.10. The molecule has 0 unspecified atom stereocenters. The Hall–Kier alpha value is -1.97. The lowest BCUT2D eigenvalue weighted by Gasteiger charge is -2.09. The van der Waals surface area contributed by atoms with Gasteiger partial charge in [0.15, 0.2) is 5.78 Å². The molecular formula is C14H14BrN3O4S. The maximum absolute atomic E-state index is 12.2. The van der Waals surface area contributed by atoms with E-state index in [0.29, 0.717) is 4.47 Å². The molecule has 9 heteroatoms. The largest absolute Gasteiger partial charge is 0.345 e. The minimum Gasteiger partial charge on any atom is -0.345 e. The Morgan fingerprint density at radius 1 is 1.22 bits per heavy atom. The second-order valence-electron chi connectivity index (χ2n) is 4.80. The van der Waals surface area contributed by atoms with Gasteiger partial charge in [0.05, 0.1) is 4.90 Å². The van der Waals surface area contributed by atoms with Crippen LogP contribution in [0.3, 0.4) is 0 Å². The molecule has 1 heterocycles. The molecule has 0 saturated heterocycles. The molecular weight excluding hydrogens is 386 g/mol. The highest BCUT2D eigenvalue weighted by atomic mass is 79.9. The zero-order chi connectivity index (χ0) is 17.2. The third-order valence-electron chi connectivity index (χ3n) is 3.05. The van der Waals surface area contributed by atoms with E-state index in [1.165, 1.54) is 31.2 Å². The highest BCUT2D eigenvalue weighted by Gasteiger charge is 2.18. The first kappa shape index (κ1) is 17.4. The summed E-state index contributed by atoms with van der Waals surface area (Å²) >= 11 is 3.23. The van der Waals surface area contributed by atoms with Crippen molar-refractivity contribution >= 4 is 37.6 Å². The fourth-order valence-corrected chi connectivity index (χ4v) is 3.28. The van der Waals surface area contributed by atoms with Gasteiger partial charge in [-0.25, -0.2) is 8.42 Å². The fraction of sp³-hybridized carbons (Fsp3) is 0.143. The van der Waals surface area contributed by atoms with E-state index >= 15 is 0 Å². The Labute approximate surface area is 141 Å². The standard InChI is InChI=1S/C14H14BrN3O4S/c1-9(19)10-4-3-5-12(6-10)23(21,22)17-16-14(20)13-7-11(15)8-18(13)2/h3-8,17H,1-2H3,(H,16,20). The molecule has 2 N–H and O–H groups in total. The second kappa shape index (κ2) is 6.65. The van der Waals surface area contributed by atoms with Crippen molar-refractivity contribution in [2.24, 2.45) is 7.05 Å². The molecule has 122 valence electrons. The molecule has 1 amide bonds. The van der Waals surface area contributed by atoms with Gasteiger partial charge in [0, 0.05) is 23.3 Å². The third kappa shape index (κ3) is 4.06. The molecule has 0 atom stereocenters. The van der Waals surface area contributed by atoms with Crippen LogP contribution in [0.15, 0.2) is 45.9 Å². The number of benzene rings is 1. The first-order valence-corrected chi connectivity index (χ1v) is 8.73.